The van der Waals surface area contributed by atoms with Crippen LogP contribution in [0.3, 0.4) is 0 Å². The van der Waals surface area contributed by atoms with Gasteiger partial charge in [0, 0.05) is 29.6 Å². The second-order valence-electron chi connectivity index (χ2n) is 8.82. The van der Waals surface area contributed by atoms with Gasteiger partial charge in [-0.05, 0) is 36.7 Å². The molecule has 2 aliphatic carbocycles. The van der Waals surface area contributed by atoms with Gasteiger partial charge < -0.3 is 0 Å². The lowest BCUT2D eigenvalue weighted by atomic mass is 9.82. The fraction of sp³-hybridized carbons (Fsp3) is 0.417. The van der Waals surface area contributed by atoms with Crippen LogP contribution in [-0.2, 0) is 6.54 Å². The summed E-state index contributed by atoms with van der Waals surface area (Å²) in [6.07, 6.45) is 7.63. The van der Waals surface area contributed by atoms with Gasteiger partial charge >= 0.3 is 5.69 Å². The molecule has 6 heteroatoms. The SMILES string of the molecule is O=c1nc(-c2ccccc2)c2cc([N+](=O)[O-])ccc2n1CC1CC2CCCCC2C1. The van der Waals surface area contributed by atoms with E-state index in [1.54, 1.807) is 16.7 Å². The second-order valence-corrected chi connectivity index (χ2v) is 8.82. The van der Waals surface area contributed by atoms with Gasteiger partial charge in [0.25, 0.3) is 5.69 Å². The Balaban J connectivity index is 1.60. The summed E-state index contributed by atoms with van der Waals surface area (Å²) in [4.78, 5) is 28.4. The van der Waals surface area contributed by atoms with Gasteiger partial charge in [-0.15, -0.1) is 0 Å². The number of aromatic nitrogens is 2. The van der Waals surface area contributed by atoms with Crippen LogP contribution in [-0.4, -0.2) is 14.5 Å². The van der Waals surface area contributed by atoms with Crippen molar-refractivity contribution >= 4 is 16.6 Å². The molecule has 2 saturated carbocycles. The van der Waals surface area contributed by atoms with Gasteiger partial charge in [0.2, 0.25) is 0 Å². The number of hydrogen-bond donors (Lipinski definition) is 0. The smallest absolute Gasteiger partial charge is 0.292 e. The van der Waals surface area contributed by atoms with Crippen molar-refractivity contribution in [2.75, 3.05) is 0 Å². The number of nitro benzene ring substituents is 1. The molecule has 0 spiro atoms. The number of nitro groups is 1. The van der Waals surface area contributed by atoms with Crippen molar-refractivity contribution in [3.05, 3.63) is 69.1 Å². The Labute approximate surface area is 174 Å². The Hall–Kier alpha value is -3.02. The highest BCUT2D eigenvalue weighted by Crippen LogP contribution is 2.45. The Morgan fingerprint density at radius 2 is 1.73 bits per heavy atom. The molecular formula is C24H25N3O3. The van der Waals surface area contributed by atoms with E-state index in [9.17, 15) is 14.9 Å². The molecule has 0 bridgehead atoms. The number of fused-ring (bicyclic) bond motifs is 2. The summed E-state index contributed by atoms with van der Waals surface area (Å²) in [5, 5.41) is 12.0. The Morgan fingerprint density at radius 3 is 2.40 bits per heavy atom. The molecule has 2 aromatic carbocycles. The van der Waals surface area contributed by atoms with Gasteiger partial charge in [0.15, 0.2) is 0 Å². The minimum atomic E-state index is -0.397. The third-order valence-corrected chi connectivity index (χ3v) is 7.00. The third kappa shape index (κ3) is 3.40. The van der Waals surface area contributed by atoms with E-state index in [2.05, 4.69) is 4.98 Å². The standard InChI is InChI=1S/C24H25N3O3/c28-24-25-23(17-6-2-1-3-7-17)21-14-20(27(29)30)10-11-22(21)26(24)15-16-12-18-8-4-5-9-19(18)13-16/h1-3,6-7,10-11,14,16,18-19H,4-5,8-9,12-13,15H2. The van der Waals surface area contributed by atoms with Crippen molar-refractivity contribution in [1.29, 1.82) is 0 Å². The predicted molar refractivity (Wildman–Crippen MR) is 116 cm³/mol. The number of non-ortho nitro benzene ring substituents is 1. The molecule has 0 N–H and O–H groups in total. The predicted octanol–water partition coefficient (Wildman–Crippen LogP) is 5.19. The first kappa shape index (κ1) is 19.0. The molecule has 0 aliphatic heterocycles. The maximum atomic E-state index is 13.1. The highest BCUT2D eigenvalue weighted by molar-refractivity contribution is 5.93. The van der Waals surface area contributed by atoms with Gasteiger partial charge in [0.1, 0.15) is 0 Å². The maximum Gasteiger partial charge on any atom is 0.348 e. The molecule has 2 atom stereocenters. The zero-order chi connectivity index (χ0) is 20.7. The van der Waals surface area contributed by atoms with Crippen LogP contribution in [0, 0.1) is 27.9 Å². The largest absolute Gasteiger partial charge is 0.348 e. The van der Waals surface area contributed by atoms with Gasteiger partial charge in [-0.1, -0.05) is 56.0 Å². The van der Waals surface area contributed by atoms with E-state index in [0.717, 1.165) is 22.9 Å². The lowest BCUT2D eigenvalue weighted by Crippen LogP contribution is -2.27. The molecule has 0 radical (unpaired) electrons. The normalized spacial score (nSPS) is 23.4. The van der Waals surface area contributed by atoms with Gasteiger partial charge in [-0.2, -0.15) is 4.98 Å². The maximum absolute atomic E-state index is 13.1. The summed E-state index contributed by atoms with van der Waals surface area (Å²) >= 11 is 0. The number of rotatable bonds is 4. The average molecular weight is 403 g/mol. The number of nitrogens with zero attached hydrogens (tertiary/aromatic N) is 3. The molecule has 5 rings (SSSR count). The van der Waals surface area contributed by atoms with E-state index < -0.39 is 4.92 Å². The zero-order valence-corrected chi connectivity index (χ0v) is 16.9. The highest BCUT2D eigenvalue weighted by atomic mass is 16.6. The van der Waals surface area contributed by atoms with Crippen LogP contribution in [0.1, 0.15) is 38.5 Å². The summed E-state index contributed by atoms with van der Waals surface area (Å²) in [5.41, 5.74) is 1.77. The van der Waals surface area contributed by atoms with E-state index in [1.165, 1.54) is 44.6 Å². The van der Waals surface area contributed by atoms with E-state index in [1.807, 2.05) is 30.3 Å². The fourth-order valence-electron chi connectivity index (χ4n) is 5.64. The molecule has 0 saturated heterocycles. The van der Waals surface area contributed by atoms with Crippen molar-refractivity contribution in [1.82, 2.24) is 9.55 Å². The van der Waals surface area contributed by atoms with Crippen LogP contribution >= 0.6 is 0 Å². The van der Waals surface area contributed by atoms with Crippen LogP contribution in [0.2, 0.25) is 0 Å². The van der Waals surface area contributed by atoms with Crippen LogP contribution in [0.5, 0.6) is 0 Å². The quantitative estimate of drug-likeness (QED) is 0.444. The minimum absolute atomic E-state index is 0.0126. The van der Waals surface area contributed by atoms with Gasteiger partial charge in [0.05, 0.1) is 16.1 Å². The second kappa shape index (κ2) is 7.67. The molecule has 2 fully saturated rings. The van der Waals surface area contributed by atoms with E-state index in [-0.39, 0.29) is 11.4 Å². The van der Waals surface area contributed by atoms with Crippen molar-refractivity contribution < 1.29 is 4.92 Å². The van der Waals surface area contributed by atoms with Crippen molar-refractivity contribution in [3.63, 3.8) is 0 Å². The van der Waals surface area contributed by atoms with E-state index >= 15 is 0 Å². The van der Waals surface area contributed by atoms with Gasteiger partial charge in [-0.25, -0.2) is 4.79 Å². The monoisotopic (exact) mass is 403 g/mol. The summed E-state index contributed by atoms with van der Waals surface area (Å²) in [7, 11) is 0. The lowest BCUT2D eigenvalue weighted by Gasteiger charge is -2.24. The molecule has 30 heavy (non-hydrogen) atoms. The summed E-state index contributed by atoms with van der Waals surface area (Å²) < 4.78 is 1.74. The molecule has 0 amide bonds. The molecule has 1 heterocycles. The Morgan fingerprint density at radius 1 is 1.03 bits per heavy atom. The molecule has 2 aliphatic rings. The average Bonchev–Trinajstić information content (AvgIpc) is 3.18. The lowest BCUT2D eigenvalue weighted by molar-refractivity contribution is -0.384. The van der Waals surface area contributed by atoms with E-state index in [4.69, 9.17) is 0 Å². The van der Waals surface area contributed by atoms with Gasteiger partial charge in [-0.3, -0.25) is 14.7 Å². The molecule has 154 valence electrons. The summed E-state index contributed by atoms with van der Waals surface area (Å²) in [6.45, 7) is 0.641. The summed E-state index contributed by atoms with van der Waals surface area (Å²) in [6, 6.07) is 14.2. The van der Waals surface area contributed by atoms with Crippen molar-refractivity contribution in [2.45, 2.75) is 45.1 Å². The minimum Gasteiger partial charge on any atom is -0.292 e. The zero-order valence-electron chi connectivity index (χ0n) is 16.9. The first-order chi connectivity index (χ1) is 14.6. The summed E-state index contributed by atoms with van der Waals surface area (Å²) in [5.74, 6) is 2.06. The van der Waals surface area contributed by atoms with Crippen LogP contribution in [0.15, 0.2) is 53.3 Å². The van der Waals surface area contributed by atoms with Crippen LogP contribution < -0.4 is 5.69 Å². The van der Waals surface area contributed by atoms with E-state index in [0.29, 0.717) is 23.5 Å². The van der Waals surface area contributed by atoms with Crippen molar-refractivity contribution in [2.24, 2.45) is 17.8 Å². The third-order valence-electron chi connectivity index (χ3n) is 7.00. The first-order valence-electron chi connectivity index (χ1n) is 10.8. The molecule has 1 aromatic heterocycles. The first-order valence-corrected chi connectivity index (χ1v) is 10.8. The molecule has 3 aromatic rings. The number of benzene rings is 2. The highest BCUT2D eigenvalue weighted by Gasteiger charge is 2.36. The van der Waals surface area contributed by atoms with Crippen LogP contribution in [0.4, 0.5) is 5.69 Å². The Kier molecular flexibility index (Phi) is 4.85. The molecule has 2 unspecified atom stereocenters. The Bertz CT molecular complexity index is 1140. The van der Waals surface area contributed by atoms with Crippen LogP contribution in [0.25, 0.3) is 22.2 Å². The topological polar surface area (TPSA) is 78.0 Å². The molecular weight excluding hydrogens is 378 g/mol. The number of hydrogen-bond acceptors (Lipinski definition) is 4. The fourth-order valence-corrected chi connectivity index (χ4v) is 5.64. The van der Waals surface area contributed by atoms with Crippen molar-refractivity contribution in [3.8, 4) is 11.3 Å². The molecule has 6 nitrogen and oxygen atoms in total.